The van der Waals surface area contributed by atoms with E-state index in [-0.39, 0.29) is 12.5 Å². The summed E-state index contributed by atoms with van der Waals surface area (Å²) < 4.78 is 6.00. The SMILES string of the molecule is CCCc1ccc2oc(=O)cc(CNC(=O)c3ccccc3Br)c2c1. The van der Waals surface area contributed by atoms with Crippen LogP contribution in [0, 0.1) is 0 Å². The zero-order valence-electron chi connectivity index (χ0n) is 13.8. The molecular formula is C20H18BrNO3. The average Bonchev–Trinajstić information content (AvgIpc) is 2.60. The molecule has 0 aliphatic carbocycles. The minimum Gasteiger partial charge on any atom is -0.423 e. The van der Waals surface area contributed by atoms with E-state index in [9.17, 15) is 9.59 Å². The molecule has 3 aromatic rings. The van der Waals surface area contributed by atoms with Crippen LogP contribution in [0.3, 0.4) is 0 Å². The zero-order valence-corrected chi connectivity index (χ0v) is 15.4. The van der Waals surface area contributed by atoms with Crippen molar-refractivity contribution in [2.45, 2.75) is 26.3 Å². The number of halogens is 1. The number of benzene rings is 2. The summed E-state index contributed by atoms with van der Waals surface area (Å²) in [5.74, 6) is -0.196. The molecule has 25 heavy (non-hydrogen) atoms. The van der Waals surface area contributed by atoms with Gasteiger partial charge in [-0.05, 0) is 57.7 Å². The van der Waals surface area contributed by atoms with E-state index in [1.165, 1.54) is 11.6 Å². The average molecular weight is 400 g/mol. The fraction of sp³-hybridized carbons (Fsp3) is 0.200. The topological polar surface area (TPSA) is 59.3 Å². The maximum absolute atomic E-state index is 12.4. The van der Waals surface area contributed by atoms with Gasteiger partial charge in [0.25, 0.3) is 5.91 Å². The van der Waals surface area contributed by atoms with Gasteiger partial charge >= 0.3 is 5.63 Å². The first-order valence-corrected chi connectivity index (χ1v) is 8.96. The first-order chi connectivity index (χ1) is 12.1. The molecule has 4 nitrogen and oxygen atoms in total. The van der Waals surface area contributed by atoms with Gasteiger partial charge < -0.3 is 9.73 Å². The smallest absolute Gasteiger partial charge is 0.336 e. The van der Waals surface area contributed by atoms with Gasteiger partial charge in [0.1, 0.15) is 5.58 Å². The minimum absolute atomic E-state index is 0.196. The summed E-state index contributed by atoms with van der Waals surface area (Å²) in [4.78, 5) is 24.2. The largest absolute Gasteiger partial charge is 0.423 e. The molecule has 0 saturated heterocycles. The normalized spacial score (nSPS) is 10.8. The van der Waals surface area contributed by atoms with Crippen molar-refractivity contribution in [2.24, 2.45) is 0 Å². The highest BCUT2D eigenvalue weighted by atomic mass is 79.9. The standard InChI is InChI=1S/C20H18BrNO3/c1-2-5-13-8-9-18-16(10-13)14(11-19(23)25-18)12-22-20(24)15-6-3-4-7-17(15)21/h3-4,6-11H,2,5,12H2,1H3,(H,22,24). The summed E-state index contributed by atoms with van der Waals surface area (Å²) in [6, 6.07) is 14.5. The lowest BCUT2D eigenvalue weighted by Crippen LogP contribution is -2.23. The second-order valence-corrected chi connectivity index (χ2v) is 6.69. The molecule has 0 unspecified atom stereocenters. The first kappa shape index (κ1) is 17.4. The van der Waals surface area contributed by atoms with E-state index in [2.05, 4.69) is 28.2 Å². The molecule has 0 radical (unpaired) electrons. The second-order valence-electron chi connectivity index (χ2n) is 5.83. The van der Waals surface area contributed by atoms with Gasteiger partial charge in [-0.1, -0.05) is 31.5 Å². The van der Waals surface area contributed by atoms with Crippen LogP contribution in [0.5, 0.6) is 0 Å². The fourth-order valence-corrected chi connectivity index (χ4v) is 3.25. The molecule has 2 aromatic carbocycles. The number of hydrogen-bond acceptors (Lipinski definition) is 3. The zero-order chi connectivity index (χ0) is 17.8. The van der Waals surface area contributed by atoms with E-state index in [1.54, 1.807) is 6.07 Å². The summed E-state index contributed by atoms with van der Waals surface area (Å²) in [7, 11) is 0. The number of nitrogens with one attached hydrogen (secondary N) is 1. The molecule has 1 N–H and O–H groups in total. The Morgan fingerprint density at radius 3 is 2.72 bits per heavy atom. The highest BCUT2D eigenvalue weighted by Gasteiger charge is 2.11. The van der Waals surface area contributed by atoms with Crippen LogP contribution in [0.4, 0.5) is 0 Å². The Bertz CT molecular complexity index is 978. The highest BCUT2D eigenvalue weighted by molar-refractivity contribution is 9.10. The van der Waals surface area contributed by atoms with Crippen LogP contribution in [-0.4, -0.2) is 5.91 Å². The summed E-state index contributed by atoms with van der Waals surface area (Å²) in [5.41, 5.74) is 2.62. The molecule has 0 atom stereocenters. The van der Waals surface area contributed by atoms with E-state index in [0.29, 0.717) is 11.1 Å². The Balaban J connectivity index is 1.90. The van der Waals surface area contributed by atoms with Crippen molar-refractivity contribution in [3.63, 3.8) is 0 Å². The lowest BCUT2D eigenvalue weighted by atomic mass is 10.0. The monoisotopic (exact) mass is 399 g/mol. The van der Waals surface area contributed by atoms with Crippen molar-refractivity contribution < 1.29 is 9.21 Å². The molecule has 1 heterocycles. The van der Waals surface area contributed by atoms with Crippen LogP contribution in [0.1, 0.15) is 34.8 Å². The van der Waals surface area contributed by atoms with Crippen molar-refractivity contribution in [3.8, 4) is 0 Å². The quantitative estimate of drug-likeness (QED) is 0.645. The molecule has 0 fully saturated rings. The number of amides is 1. The van der Waals surface area contributed by atoms with Gasteiger partial charge in [0.05, 0.1) is 5.56 Å². The highest BCUT2D eigenvalue weighted by Crippen LogP contribution is 2.20. The summed E-state index contributed by atoms with van der Waals surface area (Å²) in [6.45, 7) is 2.38. The molecule has 1 aromatic heterocycles. The molecule has 3 rings (SSSR count). The second kappa shape index (κ2) is 7.66. The van der Waals surface area contributed by atoms with Crippen molar-refractivity contribution in [2.75, 3.05) is 0 Å². The number of rotatable bonds is 5. The van der Waals surface area contributed by atoms with Gasteiger partial charge in [-0.3, -0.25) is 4.79 Å². The summed E-state index contributed by atoms with van der Waals surface area (Å²) in [5, 5.41) is 3.74. The Morgan fingerprint density at radius 2 is 1.96 bits per heavy atom. The number of fused-ring (bicyclic) bond motifs is 1. The van der Waals surface area contributed by atoms with E-state index in [0.717, 1.165) is 28.3 Å². The van der Waals surface area contributed by atoms with Gasteiger partial charge in [0, 0.05) is 22.5 Å². The van der Waals surface area contributed by atoms with E-state index < -0.39 is 5.63 Å². The number of carbonyl (C=O) groups excluding carboxylic acids is 1. The molecule has 0 spiro atoms. The molecule has 0 bridgehead atoms. The Hall–Kier alpha value is -2.40. The van der Waals surface area contributed by atoms with E-state index >= 15 is 0 Å². The third-order valence-corrected chi connectivity index (χ3v) is 4.68. The lowest BCUT2D eigenvalue weighted by molar-refractivity contribution is 0.0950. The molecule has 0 saturated carbocycles. The van der Waals surface area contributed by atoms with Crippen LogP contribution in [0.15, 0.2) is 62.2 Å². The lowest BCUT2D eigenvalue weighted by Gasteiger charge is -2.10. The maximum Gasteiger partial charge on any atom is 0.336 e. The number of hydrogen-bond donors (Lipinski definition) is 1. The van der Waals surface area contributed by atoms with Gasteiger partial charge in [0.15, 0.2) is 0 Å². The third-order valence-electron chi connectivity index (χ3n) is 3.99. The van der Waals surface area contributed by atoms with Crippen molar-refractivity contribution in [1.29, 1.82) is 0 Å². The molecule has 0 aliphatic rings. The van der Waals surface area contributed by atoms with Crippen LogP contribution in [0.25, 0.3) is 11.0 Å². The summed E-state index contributed by atoms with van der Waals surface area (Å²) in [6.07, 6.45) is 1.99. The van der Waals surface area contributed by atoms with E-state index in [4.69, 9.17) is 4.42 Å². The van der Waals surface area contributed by atoms with Crippen LogP contribution < -0.4 is 10.9 Å². The fourth-order valence-electron chi connectivity index (χ4n) is 2.78. The molecule has 128 valence electrons. The van der Waals surface area contributed by atoms with Crippen molar-refractivity contribution in [1.82, 2.24) is 5.32 Å². The van der Waals surface area contributed by atoms with Crippen LogP contribution in [0.2, 0.25) is 0 Å². The predicted octanol–water partition coefficient (Wildman–Crippen LogP) is 4.44. The van der Waals surface area contributed by atoms with Crippen LogP contribution >= 0.6 is 15.9 Å². The summed E-state index contributed by atoms with van der Waals surface area (Å²) >= 11 is 3.38. The van der Waals surface area contributed by atoms with Gasteiger partial charge in [0.2, 0.25) is 0 Å². The molecule has 5 heteroatoms. The Labute approximate surface area is 154 Å². The van der Waals surface area contributed by atoms with Gasteiger partial charge in [-0.25, -0.2) is 4.79 Å². The number of carbonyl (C=O) groups is 1. The molecule has 1 amide bonds. The molecule has 0 aliphatic heterocycles. The predicted molar refractivity (Wildman–Crippen MR) is 102 cm³/mol. The molecular weight excluding hydrogens is 382 g/mol. The maximum atomic E-state index is 12.4. The third kappa shape index (κ3) is 3.99. The van der Waals surface area contributed by atoms with Crippen molar-refractivity contribution >= 4 is 32.8 Å². The van der Waals surface area contributed by atoms with Gasteiger partial charge in [-0.2, -0.15) is 0 Å². The minimum atomic E-state index is -0.416. The van der Waals surface area contributed by atoms with Gasteiger partial charge in [-0.15, -0.1) is 0 Å². The van der Waals surface area contributed by atoms with E-state index in [1.807, 2.05) is 36.4 Å². The number of aryl methyl sites for hydroxylation is 1. The van der Waals surface area contributed by atoms with Crippen molar-refractivity contribution in [3.05, 3.63) is 80.1 Å². The Morgan fingerprint density at radius 1 is 1.16 bits per heavy atom. The van der Waals surface area contributed by atoms with Crippen LogP contribution in [-0.2, 0) is 13.0 Å². The Kier molecular flexibility index (Phi) is 5.34. The first-order valence-electron chi connectivity index (χ1n) is 8.17.